The van der Waals surface area contributed by atoms with Crippen LogP contribution >= 0.6 is 0 Å². The second-order valence-electron chi connectivity index (χ2n) is 7.23. The SMILES string of the molecule is COc1c2c(c(N(C)S(C)(=O)=O)c3cccnc13)C(O)N(Cc1ccc(F)cc1)C2=O. The lowest BCUT2D eigenvalue weighted by Crippen LogP contribution is -2.29. The van der Waals surface area contributed by atoms with Gasteiger partial charge in [-0.2, -0.15) is 0 Å². The summed E-state index contributed by atoms with van der Waals surface area (Å²) in [5, 5.41) is 11.6. The molecule has 1 atom stereocenters. The van der Waals surface area contributed by atoms with Gasteiger partial charge in [-0.25, -0.2) is 12.8 Å². The number of sulfonamides is 1. The molecular formula is C21H20FN3O5S. The molecule has 31 heavy (non-hydrogen) atoms. The summed E-state index contributed by atoms with van der Waals surface area (Å²) in [4.78, 5) is 18.8. The summed E-state index contributed by atoms with van der Waals surface area (Å²) in [6, 6.07) is 8.83. The van der Waals surface area contributed by atoms with Crippen LogP contribution in [0, 0.1) is 5.82 Å². The first-order chi connectivity index (χ1) is 14.6. The van der Waals surface area contributed by atoms with Gasteiger partial charge >= 0.3 is 0 Å². The second-order valence-corrected chi connectivity index (χ2v) is 9.25. The average Bonchev–Trinajstić information content (AvgIpc) is 2.97. The van der Waals surface area contributed by atoms with Crippen LogP contribution < -0.4 is 9.04 Å². The first kappa shape index (κ1) is 21.0. The van der Waals surface area contributed by atoms with Gasteiger partial charge < -0.3 is 14.7 Å². The quantitative estimate of drug-likeness (QED) is 0.648. The molecule has 8 nitrogen and oxygen atoms in total. The van der Waals surface area contributed by atoms with Crippen molar-refractivity contribution in [1.29, 1.82) is 0 Å². The van der Waals surface area contributed by atoms with Crippen LogP contribution in [0.2, 0.25) is 0 Å². The lowest BCUT2D eigenvalue weighted by atomic mass is 10.0. The molecule has 3 aromatic rings. The maximum Gasteiger partial charge on any atom is 0.260 e. The number of fused-ring (bicyclic) bond motifs is 2. The summed E-state index contributed by atoms with van der Waals surface area (Å²) in [5.74, 6) is -0.808. The van der Waals surface area contributed by atoms with Crippen molar-refractivity contribution in [1.82, 2.24) is 9.88 Å². The molecule has 4 rings (SSSR count). The number of aromatic nitrogens is 1. The average molecular weight is 445 g/mol. The molecule has 1 unspecified atom stereocenters. The van der Waals surface area contributed by atoms with Gasteiger partial charge in [0.05, 0.1) is 24.6 Å². The summed E-state index contributed by atoms with van der Waals surface area (Å²) in [5.41, 5.74) is 1.23. The Hall–Kier alpha value is -3.24. The fourth-order valence-corrected chi connectivity index (χ4v) is 4.33. The van der Waals surface area contributed by atoms with Crippen molar-refractivity contribution in [2.24, 2.45) is 0 Å². The molecular weight excluding hydrogens is 425 g/mol. The Balaban J connectivity index is 1.97. The van der Waals surface area contributed by atoms with Gasteiger partial charge in [-0.15, -0.1) is 0 Å². The lowest BCUT2D eigenvalue weighted by Gasteiger charge is -2.25. The van der Waals surface area contributed by atoms with Crippen LogP contribution in [0.3, 0.4) is 0 Å². The highest BCUT2D eigenvalue weighted by Gasteiger charge is 2.43. The maximum atomic E-state index is 13.3. The van der Waals surface area contributed by atoms with E-state index < -0.39 is 28.0 Å². The number of aliphatic hydroxyl groups excluding tert-OH is 1. The van der Waals surface area contributed by atoms with E-state index in [4.69, 9.17) is 4.74 Å². The fourth-order valence-electron chi connectivity index (χ4n) is 3.80. The number of anilines is 1. The molecule has 1 aliphatic rings. The monoisotopic (exact) mass is 445 g/mol. The van der Waals surface area contributed by atoms with E-state index in [-0.39, 0.29) is 29.1 Å². The minimum atomic E-state index is -3.73. The minimum absolute atomic E-state index is 0.0100. The Morgan fingerprint density at radius 1 is 1.26 bits per heavy atom. The highest BCUT2D eigenvalue weighted by atomic mass is 32.2. The number of pyridine rings is 1. The van der Waals surface area contributed by atoms with Crippen LogP contribution in [-0.4, -0.2) is 49.7 Å². The predicted octanol–water partition coefficient (Wildman–Crippen LogP) is 2.43. The number of rotatable bonds is 5. The van der Waals surface area contributed by atoms with Crippen LogP contribution in [-0.2, 0) is 16.6 Å². The molecule has 0 aliphatic carbocycles. The Morgan fingerprint density at radius 3 is 2.55 bits per heavy atom. The molecule has 1 N–H and O–H groups in total. The van der Waals surface area contributed by atoms with E-state index in [2.05, 4.69) is 4.98 Å². The zero-order valence-electron chi connectivity index (χ0n) is 17.0. The summed E-state index contributed by atoms with van der Waals surface area (Å²) >= 11 is 0. The second kappa shape index (κ2) is 7.47. The predicted molar refractivity (Wildman–Crippen MR) is 113 cm³/mol. The Kier molecular flexibility index (Phi) is 5.06. The third-order valence-electron chi connectivity index (χ3n) is 5.34. The first-order valence-electron chi connectivity index (χ1n) is 9.31. The van der Waals surface area contributed by atoms with Gasteiger partial charge in [0.1, 0.15) is 11.3 Å². The summed E-state index contributed by atoms with van der Waals surface area (Å²) in [6.45, 7) is -0.0100. The number of hydrogen-bond donors (Lipinski definition) is 1. The van der Waals surface area contributed by atoms with Crippen molar-refractivity contribution >= 4 is 32.5 Å². The number of aliphatic hydroxyl groups is 1. The number of nitrogens with zero attached hydrogens (tertiary/aromatic N) is 3. The van der Waals surface area contributed by atoms with Gasteiger partial charge in [0.15, 0.2) is 12.0 Å². The zero-order chi connectivity index (χ0) is 22.5. The number of amides is 1. The number of carbonyl (C=O) groups excluding carboxylic acids is 1. The highest BCUT2D eigenvalue weighted by molar-refractivity contribution is 7.92. The fraction of sp³-hybridized carbons (Fsp3) is 0.238. The largest absolute Gasteiger partial charge is 0.494 e. The normalized spacial score (nSPS) is 16.0. The Labute approximate surface area is 178 Å². The number of ether oxygens (including phenoxy) is 1. The number of halogens is 1. The van der Waals surface area contributed by atoms with Crippen molar-refractivity contribution in [2.75, 3.05) is 24.7 Å². The van der Waals surface area contributed by atoms with Crippen molar-refractivity contribution in [3.05, 3.63) is 65.1 Å². The number of benzene rings is 2. The Morgan fingerprint density at radius 2 is 1.94 bits per heavy atom. The van der Waals surface area contributed by atoms with Crippen molar-refractivity contribution in [3.8, 4) is 5.75 Å². The molecule has 1 aromatic heterocycles. The molecule has 0 fully saturated rings. The molecule has 2 aromatic carbocycles. The molecule has 0 saturated heterocycles. The van der Waals surface area contributed by atoms with E-state index >= 15 is 0 Å². The third kappa shape index (κ3) is 3.37. The standard InChI is InChI=1S/C21H20FN3O5S/c1-24(31(3,28)29)18-14-5-4-10-23-17(14)19(30-2)16-15(18)20(26)25(21(16)27)11-12-6-8-13(22)9-7-12/h4-10,20,26H,11H2,1-3H3. The van der Waals surface area contributed by atoms with Gasteiger partial charge in [-0.1, -0.05) is 12.1 Å². The van der Waals surface area contributed by atoms with Gasteiger partial charge in [0, 0.05) is 30.7 Å². The summed E-state index contributed by atoms with van der Waals surface area (Å²) < 4.78 is 44.5. The van der Waals surface area contributed by atoms with Gasteiger partial charge in [0.25, 0.3) is 5.91 Å². The van der Waals surface area contributed by atoms with Crippen LogP contribution in [0.15, 0.2) is 42.6 Å². The molecule has 0 bridgehead atoms. The molecule has 1 amide bonds. The van der Waals surface area contributed by atoms with Crippen LogP contribution in [0.1, 0.15) is 27.7 Å². The smallest absolute Gasteiger partial charge is 0.260 e. The van der Waals surface area contributed by atoms with E-state index in [1.807, 2.05) is 0 Å². The zero-order valence-corrected chi connectivity index (χ0v) is 17.9. The van der Waals surface area contributed by atoms with Crippen molar-refractivity contribution in [2.45, 2.75) is 12.8 Å². The van der Waals surface area contributed by atoms with E-state index in [9.17, 15) is 22.7 Å². The molecule has 162 valence electrons. The molecule has 0 radical (unpaired) electrons. The number of methoxy groups -OCH3 is 1. The van der Waals surface area contributed by atoms with Crippen LogP contribution in [0.25, 0.3) is 10.9 Å². The third-order valence-corrected chi connectivity index (χ3v) is 6.52. The molecule has 0 spiro atoms. The van der Waals surface area contributed by atoms with Gasteiger partial charge in [0.2, 0.25) is 10.0 Å². The molecule has 2 heterocycles. The van der Waals surface area contributed by atoms with E-state index in [1.54, 1.807) is 12.1 Å². The lowest BCUT2D eigenvalue weighted by molar-refractivity contribution is 0.0140. The minimum Gasteiger partial charge on any atom is -0.494 e. The van der Waals surface area contributed by atoms with Crippen molar-refractivity contribution < 1.29 is 27.4 Å². The number of hydrogen-bond acceptors (Lipinski definition) is 6. The first-order valence-corrected chi connectivity index (χ1v) is 11.2. The van der Waals surface area contributed by atoms with Crippen LogP contribution in [0.5, 0.6) is 5.75 Å². The van der Waals surface area contributed by atoms with E-state index in [0.717, 1.165) is 10.6 Å². The van der Waals surface area contributed by atoms with E-state index in [1.165, 1.54) is 49.5 Å². The molecule has 10 heteroatoms. The topological polar surface area (TPSA) is 100 Å². The molecule has 0 saturated carbocycles. The number of carbonyl (C=O) groups is 1. The van der Waals surface area contributed by atoms with Gasteiger partial charge in [-0.3, -0.25) is 14.1 Å². The molecule has 1 aliphatic heterocycles. The summed E-state index contributed by atoms with van der Waals surface area (Å²) in [6.07, 6.45) is 1.10. The summed E-state index contributed by atoms with van der Waals surface area (Å²) in [7, 11) is -0.997. The highest BCUT2D eigenvalue weighted by Crippen LogP contribution is 2.48. The van der Waals surface area contributed by atoms with E-state index in [0.29, 0.717) is 16.5 Å². The Bertz CT molecular complexity index is 1290. The van der Waals surface area contributed by atoms with Gasteiger partial charge in [-0.05, 0) is 29.8 Å². The van der Waals surface area contributed by atoms with Crippen molar-refractivity contribution in [3.63, 3.8) is 0 Å². The van der Waals surface area contributed by atoms with Crippen LogP contribution in [0.4, 0.5) is 10.1 Å². The maximum absolute atomic E-state index is 13.3.